The monoisotopic (exact) mass is 440 g/mol. The van der Waals surface area contributed by atoms with E-state index in [2.05, 4.69) is 26.2 Å². The van der Waals surface area contributed by atoms with Gasteiger partial charge >= 0.3 is 0 Å². The molecule has 0 saturated carbocycles. The van der Waals surface area contributed by atoms with Crippen LogP contribution in [0.25, 0.3) is 0 Å². The maximum atomic E-state index is 12.9. The van der Waals surface area contributed by atoms with E-state index in [1.54, 1.807) is 7.05 Å². The fourth-order valence-electron chi connectivity index (χ4n) is 5.05. The summed E-state index contributed by atoms with van der Waals surface area (Å²) in [7, 11) is 1.76. The smallest absolute Gasteiger partial charge is 0.246 e. The lowest BCUT2D eigenvalue weighted by molar-refractivity contribution is -0.135. The molecule has 174 valence electrons. The van der Waals surface area contributed by atoms with Crippen molar-refractivity contribution in [3.63, 3.8) is 0 Å². The van der Waals surface area contributed by atoms with E-state index < -0.39 is 0 Å². The Morgan fingerprint density at radius 1 is 0.969 bits per heavy atom. The summed E-state index contributed by atoms with van der Waals surface area (Å²) in [6, 6.07) is 8.09. The maximum Gasteiger partial charge on any atom is 0.246 e. The van der Waals surface area contributed by atoms with Crippen LogP contribution in [-0.4, -0.2) is 97.9 Å². The number of para-hydroxylation sites is 1. The van der Waals surface area contributed by atoms with Crippen LogP contribution in [0.1, 0.15) is 31.7 Å². The molecule has 1 atom stereocenters. The van der Waals surface area contributed by atoms with Crippen LogP contribution in [0.3, 0.4) is 0 Å². The zero-order valence-electron chi connectivity index (χ0n) is 19.4. The first-order valence-corrected chi connectivity index (χ1v) is 11.9. The molecule has 2 amide bonds. The molecule has 2 saturated heterocycles. The quantitative estimate of drug-likeness (QED) is 0.562. The maximum absolute atomic E-state index is 12.9. The zero-order chi connectivity index (χ0) is 22.5. The van der Waals surface area contributed by atoms with E-state index in [1.165, 1.54) is 5.56 Å². The average molecular weight is 441 g/mol. The lowest BCUT2D eigenvalue weighted by atomic mass is 10.0. The fourth-order valence-corrected chi connectivity index (χ4v) is 5.05. The van der Waals surface area contributed by atoms with Crippen molar-refractivity contribution in [3.8, 4) is 0 Å². The normalized spacial score (nSPS) is 20.8. The second-order valence-corrected chi connectivity index (χ2v) is 8.91. The Balaban J connectivity index is 1.27. The molecule has 0 aliphatic carbocycles. The van der Waals surface area contributed by atoms with Crippen molar-refractivity contribution in [2.75, 3.05) is 64.3 Å². The van der Waals surface area contributed by atoms with Gasteiger partial charge in [-0.1, -0.05) is 18.2 Å². The molecule has 32 heavy (non-hydrogen) atoms. The van der Waals surface area contributed by atoms with Crippen LogP contribution in [0.15, 0.2) is 29.3 Å². The number of benzene rings is 1. The molecule has 0 aromatic heterocycles. The highest BCUT2D eigenvalue weighted by atomic mass is 16.2. The van der Waals surface area contributed by atoms with Gasteiger partial charge in [-0.3, -0.25) is 19.5 Å². The minimum Gasteiger partial charge on any atom is -0.347 e. The van der Waals surface area contributed by atoms with Crippen LogP contribution >= 0.6 is 0 Å². The average Bonchev–Trinajstić information content (AvgIpc) is 3.38. The van der Waals surface area contributed by atoms with Gasteiger partial charge in [0.15, 0.2) is 5.96 Å². The van der Waals surface area contributed by atoms with Crippen LogP contribution in [0, 0.1) is 0 Å². The number of rotatable bonds is 4. The van der Waals surface area contributed by atoms with Crippen LogP contribution in [0.2, 0.25) is 0 Å². The molecule has 3 aliphatic rings. The van der Waals surface area contributed by atoms with E-state index in [1.807, 2.05) is 34.9 Å². The Labute approximate surface area is 191 Å². The van der Waals surface area contributed by atoms with Gasteiger partial charge in [-0.15, -0.1) is 0 Å². The number of hydrogen-bond donors (Lipinski definition) is 1. The van der Waals surface area contributed by atoms with Crippen molar-refractivity contribution in [3.05, 3.63) is 29.8 Å². The first kappa shape index (κ1) is 22.6. The number of guanidine groups is 1. The van der Waals surface area contributed by atoms with Crippen molar-refractivity contribution in [1.82, 2.24) is 20.0 Å². The number of nitrogens with one attached hydrogen (secondary N) is 1. The Morgan fingerprint density at radius 2 is 1.69 bits per heavy atom. The number of carbonyl (C=O) groups excluding carboxylic acids is 2. The van der Waals surface area contributed by atoms with Crippen LogP contribution in [0.5, 0.6) is 0 Å². The number of aliphatic imine (C=N–C) groups is 1. The van der Waals surface area contributed by atoms with E-state index in [4.69, 9.17) is 0 Å². The molecule has 0 spiro atoms. The molecular formula is C24H36N6O2. The molecule has 3 aliphatic heterocycles. The number of carbonyl (C=O) groups is 2. The highest BCUT2D eigenvalue weighted by Gasteiger charge is 2.31. The molecule has 0 bridgehead atoms. The summed E-state index contributed by atoms with van der Waals surface area (Å²) in [5.41, 5.74) is 2.27. The molecule has 8 nitrogen and oxygen atoms in total. The minimum absolute atomic E-state index is 0.0711. The summed E-state index contributed by atoms with van der Waals surface area (Å²) >= 11 is 0. The van der Waals surface area contributed by atoms with Gasteiger partial charge in [-0.2, -0.15) is 0 Å². The molecule has 1 aromatic carbocycles. The summed E-state index contributed by atoms with van der Waals surface area (Å²) in [6.07, 6.45) is 4.26. The molecule has 4 rings (SSSR count). The fraction of sp³-hybridized carbons (Fsp3) is 0.625. The molecule has 3 heterocycles. The van der Waals surface area contributed by atoms with Crippen molar-refractivity contribution in [1.29, 1.82) is 0 Å². The van der Waals surface area contributed by atoms with E-state index in [0.29, 0.717) is 0 Å². The number of amides is 2. The molecule has 1 aromatic rings. The Bertz CT molecular complexity index is 843. The van der Waals surface area contributed by atoms with E-state index in [0.717, 1.165) is 83.1 Å². The first-order valence-electron chi connectivity index (χ1n) is 11.9. The Hall–Kier alpha value is -2.61. The van der Waals surface area contributed by atoms with Crippen LogP contribution in [0.4, 0.5) is 5.69 Å². The standard InChI is InChI=1S/C24H36N6O2/c1-19(23(32)28-11-5-6-12-28)27-14-16-29(17-15-27)24(25-2)26-18-22(31)30-13-7-9-20-8-3-4-10-21(20)30/h3-4,8,10,19H,5-7,9,11-18H2,1-2H3,(H,25,26). The second-order valence-electron chi connectivity index (χ2n) is 8.91. The van der Waals surface area contributed by atoms with Crippen molar-refractivity contribution < 1.29 is 9.59 Å². The summed E-state index contributed by atoms with van der Waals surface area (Å²) in [5.74, 6) is 1.08. The molecule has 1 unspecified atom stereocenters. The molecule has 8 heteroatoms. The van der Waals surface area contributed by atoms with E-state index in [9.17, 15) is 9.59 Å². The third-order valence-corrected chi connectivity index (χ3v) is 6.96. The largest absolute Gasteiger partial charge is 0.347 e. The predicted octanol–water partition coefficient (Wildman–Crippen LogP) is 1.17. The van der Waals surface area contributed by atoms with Crippen LogP contribution in [-0.2, 0) is 16.0 Å². The predicted molar refractivity (Wildman–Crippen MR) is 127 cm³/mol. The van der Waals surface area contributed by atoms with Gasteiger partial charge in [0.25, 0.3) is 0 Å². The van der Waals surface area contributed by atoms with Gasteiger partial charge in [-0.25, -0.2) is 0 Å². The number of aryl methyl sites for hydroxylation is 1. The van der Waals surface area contributed by atoms with E-state index >= 15 is 0 Å². The Kier molecular flexibility index (Phi) is 7.29. The summed E-state index contributed by atoms with van der Waals surface area (Å²) in [5, 5.41) is 3.27. The third-order valence-electron chi connectivity index (χ3n) is 6.96. The highest BCUT2D eigenvalue weighted by molar-refractivity contribution is 5.98. The minimum atomic E-state index is -0.0778. The van der Waals surface area contributed by atoms with E-state index in [-0.39, 0.29) is 24.4 Å². The number of anilines is 1. The number of fused-ring (bicyclic) bond motifs is 1. The zero-order valence-corrected chi connectivity index (χ0v) is 19.4. The lowest BCUT2D eigenvalue weighted by Crippen LogP contribution is -2.57. The Morgan fingerprint density at radius 3 is 2.41 bits per heavy atom. The number of piperazine rings is 1. The lowest BCUT2D eigenvalue weighted by Gasteiger charge is -2.39. The van der Waals surface area contributed by atoms with Gasteiger partial charge in [0.2, 0.25) is 11.8 Å². The van der Waals surface area contributed by atoms with Gasteiger partial charge < -0.3 is 20.0 Å². The van der Waals surface area contributed by atoms with Gasteiger partial charge in [0, 0.05) is 58.5 Å². The number of likely N-dealkylation sites (tertiary alicyclic amines) is 1. The highest BCUT2D eigenvalue weighted by Crippen LogP contribution is 2.26. The summed E-state index contributed by atoms with van der Waals surface area (Å²) in [6.45, 7) is 8.02. The summed E-state index contributed by atoms with van der Waals surface area (Å²) < 4.78 is 0. The second kappa shape index (κ2) is 10.3. The first-order chi connectivity index (χ1) is 15.6. The SMILES string of the molecule is CN=C(NCC(=O)N1CCCc2ccccc21)N1CCN(C(C)C(=O)N2CCCC2)CC1. The third kappa shape index (κ3) is 4.90. The van der Waals surface area contributed by atoms with Crippen molar-refractivity contribution >= 4 is 23.5 Å². The summed E-state index contributed by atoms with van der Waals surface area (Å²) in [4.78, 5) is 38.4. The van der Waals surface area contributed by atoms with Gasteiger partial charge in [-0.05, 0) is 44.2 Å². The van der Waals surface area contributed by atoms with Gasteiger partial charge in [0.1, 0.15) is 0 Å². The molecule has 1 N–H and O–H groups in total. The number of nitrogens with zero attached hydrogens (tertiary/aromatic N) is 5. The van der Waals surface area contributed by atoms with Crippen molar-refractivity contribution in [2.45, 2.75) is 38.6 Å². The molecule has 0 radical (unpaired) electrons. The number of hydrogen-bond acceptors (Lipinski definition) is 4. The molecule has 2 fully saturated rings. The topological polar surface area (TPSA) is 71.5 Å². The van der Waals surface area contributed by atoms with Crippen molar-refractivity contribution in [2.24, 2.45) is 4.99 Å². The van der Waals surface area contributed by atoms with Crippen LogP contribution < -0.4 is 10.2 Å². The van der Waals surface area contributed by atoms with Gasteiger partial charge in [0.05, 0.1) is 12.6 Å². The molecular weight excluding hydrogens is 404 g/mol.